The van der Waals surface area contributed by atoms with Crippen LogP contribution in [0.5, 0.6) is 0 Å². The number of aromatic amines is 1. The van der Waals surface area contributed by atoms with E-state index < -0.39 is 11.2 Å². The Labute approximate surface area is 130 Å². The lowest BCUT2D eigenvalue weighted by atomic mass is 9.81. The lowest BCUT2D eigenvalue weighted by molar-refractivity contribution is -0.0521. The van der Waals surface area contributed by atoms with Gasteiger partial charge in [-0.05, 0) is 19.8 Å². The molecule has 1 aliphatic heterocycles. The summed E-state index contributed by atoms with van der Waals surface area (Å²) in [6.45, 7) is 8.59. The summed E-state index contributed by atoms with van der Waals surface area (Å²) >= 11 is 0. The molecule has 1 aromatic heterocycles. The fourth-order valence-electron chi connectivity index (χ4n) is 2.90. The SMILES string of the molecule is CC[C@H]1CN(C(=O)c2cnc(C(C)C)[nH]c2=O)CC[C@@]1(C)O. The van der Waals surface area contributed by atoms with Crippen LogP contribution in [0.1, 0.15) is 62.6 Å². The van der Waals surface area contributed by atoms with Gasteiger partial charge in [0.15, 0.2) is 0 Å². The van der Waals surface area contributed by atoms with Crippen LogP contribution in [0.25, 0.3) is 0 Å². The minimum Gasteiger partial charge on any atom is -0.390 e. The van der Waals surface area contributed by atoms with Crippen molar-refractivity contribution in [1.82, 2.24) is 14.9 Å². The van der Waals surface area contributed by atoms with Gasteiger partial charge in [-0.15, -0.1) is 0 Å². The minimum absolute atomic E-state index is 0.0205. The number of amides is 1. The number of rotatable bonds is 3. The Bertz CT molecular complexity index is 607. The fraction of sp³-hybridized carbons (Fsp3) is 0.688. The highest BCUT2D eigenvalue weighted by molar-refractivity contribution is 5.93. The van der Waals surface area contributed by atoms with Gasteiger partial charge < -0.3 is 15.0 Å². The summed E-state index contributed by atoms with van der Waals surface area (Å²) in [4.78, 5) is 33.2. The van der Waals surface area contributed by atoms with Crippen LogP contribution in [-0.4, -0.2) is 44.6 Å². The molecule has 22 heavy (non-hydrogen) atoms. The molecule has 2 atom stereocenters. The molecule has 0 saturated carbocycles. The molecule has 1 aliphatic rings. The Hall–Kier alpha value is -1.69. The Kier molecular flexibility index (Phi) is 4.70. The molecule has 1 amide bonds. The van der Waals surface area contributed by atoms with Gasteiger partial charge in [-0.3, -0.25) is 9.59 Å². The van der Waals surface area contributed by atoms with Gasteiger partial charge in [0.1, 0.15) is 11.4 Å². The second kappa shape index (κ2) is 6.20. The van der Waals surface area contributed by atoms with Gasteiger partial charge in [-0.25, -0.2) is 4.98 Å². The summed E-state index contributed by atoms with van der Waals surface area (Å²) in [6.07, 6.45) is 2.68. The van der Waals surface area contributed by atoms with Crippen LogP contribution in [0.15, 0.2) is 11.0 Å². The molecule has 0 bridgehead atoms. The van der Waals surface area contributed by atoms with Gasteiger partial charge in [0, 0.05) is 31.1 Å². The van der Waals surface area contributed by atoms with Crippen LogP contribution in [0, 0.1) is 5.92 Å². The standard InChI is InChI=1S/C16H25N3O3/c1-5-11-9-19(7-6-16(11,4)22)15(21)12-8-17-13(10(2)3)18-14(12)20/h8,10-11,22H,5-7,9H2,1-4H3,(H,17,18,20)/t11-,16+/m0/s1. The van der Waals surface area contributed by atoms with Gasteiger partial charge in [0.05, 0.1) is 5.60 Å². The molecule has 2 heterocycles. The maximum Gasteiger partial charge on any atom is 0.263 e. The first-order valence-corrected chi connectivity index (χ1v) is 7.87. The molecule has 1 saturated heterocycles. The second-order valence-corrected chi connectivity index (χ2v) is 6.63. The highest BCUT2D eigenvalue weighted by Crippen LogP contribution is 2.30. The molecule has 2 rings (SSSR count). The molecule has 0 spiro atoms. The van der Waals surface area contributed by atoms with Crippen molar-refractivity contribution in [1.29, 1.82) is 0 Å². The number of carbonyl (C=O) groups is 1. The highest BCUT2D eigenvalue weighted by atomic mass is 16.3. The largest absolute Gasteiger partial charge is 0.390 e. The number of aromatic nitrogens is 2. The van der Waals surface area contributed by atoms with Crippen molar-refractivity contribution in [2.45, 2.75) is 52.1 Å². The maximum atomic E-state index is 12.6. The molecular weight excluding hydrogens is 282 g/mol. The number of likely N-dealkylation sites (tertiary alicyclic amines) is 1. The zero-order chi connectivity index (χ0) is 16.5. The van der Waals surface area contributed by atoms with E-state index in [1.165, 1.54) is 6.20 Å². The summed E-state index contributed by atoms with van der Waals surface area (Å²) in [5.41, 5.74) is -1.08. The van der Waals surface area contributed by atoms with Crippen molar-refractivity contribution in [3.8, 4) is 0 Å². The molecule has 6 nitrogen and oxygen atoms in total. The third-order valence-electron chi connectivity index (χ3n) is 4.58. The third kappa shape index (κ3) is 3.21. The summed E-state index contributed by atoms with van der Waals surface area (Å²) < 4.78 is 0. The maximum absolute atomic E-state index is 12.6. The number of carbonyl (C=O) groups excluding carboxylic acids is 1. The van der Waals surface area contributed by atoms with Gasteiger partial charge in [-0.2, -0.15) is 0 Å². The zero-order valence-electron chi connectivity index (χ0n) is 13.7. The first-order valence-electron chi connectivity index (χ1n) is 7.87. The second-order valence-electron chi connectivity index (χ2n) is 6.63. The fourth-order valence-corrected chi connectivity index (χ4v) is 2.90. The van der Waals surface area contributed by atoms with Gasteiger partial charge in [0.2, 0.25) is 0 Å². The van der Waals surface area contributed by atoms with Gasteiger partial charge in [0.25, 0.3) is 11.5 Å². The number of nitrogens with zero attached hydrogens (tertiary/aromatic N) is 2. The summed E-state index contributed by atoms with van der Waals surface area (Å²) in [5.74, 6) is 0.395. The Balaban J connectivity index is 2.21. The van der Waals surface area contributed by atoms with Crippen molar-refractivity contribution in [2.24, 2.45) is 5.92 Å². The first kappa shape index (κ1) is 16.7. The van der Waals surface area contributed by atoms with E-state index in [1.807, 2.05) is 27.7 Å². The lowest BCUT2D eigenvalue weighted by Crippen LogP contribution is -2.52. The third-order valence-corrected chi connectivity index (χ3v) is 4.58. The Morgan fingerprint density at radius 1 is 1.59 bits per heavy atom. The van der Waals surface area contributed by atoms with Crippen molar-refractivity contribution in [3.63, 3.8) is 0 Å². The number of piperidine rings is 1. The van der Waals surface area contributed by atoms with Gasteiger partial charge in [-0.1, -0.05) is 20.8 Å². The Morgan fingerprint density at radius 2 is 2.27 bits per heavy atom. The van der Waals surface area contributed by atoms with Crippen molar-refractivity contribution < 1.29 is 9.90 Å². The lowest BCUT2D eigenvalue weighted by Gasteiger charge is -2.42. The molecule has 0 radical (unpaired) electrons. The highest BCUT2D eigenvalue weighted by Gasteiger charge is 2.38. The van der Waals surface area contributed by atoms with E-state index in [9.17, 15) is 14.7 Å². The molecule has 0 unspecified atom stereocenters. The number of nitrogens with one attached hydrogen (secondary N) is 1. The van der Waals surface area contributed by atoms with E-state index in [0.717, 1.165) is 6.42 Å². The quantitative estimate of drug-likeness (QED) is 0.886. The number of H-pyrrole nitrogens is 1. The molecule has 0 aromatic carbocycles. The van der Waals surface area contributed by atoms with E-state index >= 15 is 0 Å². The first-order chi connectivity index (χ1) is 10.3. The molecule has 1 aromatic rings. The average molecular weight is 307 g/mol. The smallest absolute Gasteiger partial charge is 0.263 e. The molecule has 6 heteroatoms. The van der Waals surface area contributed by atoms with E-state index in [4.69, 9.17) is 0 Å². The van der Waals surface area contributed by atoms with Crippen LogP contribution in [-0.2, 0) is 0 Å². The van der Waals surface area contributed by atoms with Crippen molar-refractivity contribution in [2.75, 3.05) is 13.1 Å². The summed E-state index contributed by atoms with van der Waals surface area (Å²) in [6, 6.07) is 0. The predicted octanol–water partition coefficient (Wildman–Crippen LogP) is 1.52. The van der Waals surface area contributed by atoms with E-state index in [1.54, 1.807) is 4.90 Å². The predicted molar refractivity (Wildman–Crippen MR) is 83.9 cm³/mol. The van der Waals surface area contributed by atoms with Crippen molar-refractivity contribution in [3.05, 3.63) is 27.9 Å². The zero-order valence-corrected chi connectivity index (χ0v) is 13.7. The topological polar surface area (TPSA) is 86.3 Å². The van der Waals surface area contributed by atoms with Crippen LogP contribution in [0.3, 0.4) is 0 Å². The van der Waals surface area contributed by atoms with E-state index in [0.29, 0.717) is 25.3 Å². The molecular formula is C16H25N3O3. The van der Waals surface area contributed by atoms with Crippen LogP contribution in [0.4, 0.5) is 0 Å². The normalized spacial score (nSPS) is 25.5. The van der Waals surface area contributed by atoms with E-state index in [2.05, 4.69) is 9.97 Å². The number of hydrogen-bond acceptors (Lipinski definition) is 4. The monoisotopic (exact) mass is 307 g/mol. The summed E-state index contributed by atoms with van der Waals surface area (Å²) in [7, 11) is 0. The number of aliphatic hydroxyl groups is 1. The average Bonchev–Trinajstić information content (AvgIpc) is 2.46. The van der Waals surface area contributed by atoms with Crippen LogP contribution >= 0.6 is 0 Å². The Morgan fingerprint density at radius 3 is 2.82 bits per heavy atom. The van der Waals surface area contributed by atoms with Crippen molar-refractivity contribution >= 4 is 5.91 Å². The van der Waals surface area contributed by atoms with E-state index in [-0.39, 0.29) is 23.3 Å². The van der Waals surface area contributed by atoms with Crippen LogP contribution in [0.2, 0.25) is 0 Å². The van der Waals surface area contributed by atoms with Gasteiger partial charge >= 0.3 is 0 Å². The summed E-state index contributed by atoms with van der Waals surface area (Å²) in [5, 5.41) is 10.3. The molecule has 0 aliphatic carbocycles. The number of hydrogen-bond donors (Lipinski definition) is 2. The van der Waals surface area contributed by atoms with Crippen LogP contribution < -0.4 is 5.56 Å². The molecule has 2 N–H and O–H groups in total. The molecule has 1 fully saturated rings. The minimum atomic E-state index is -0.752. The molecule has 122 valence electrons.